The SMILES string of the molecule is CCC1CCC(NC(=O)NCC2CCCC2C(=O)O)CC1. The van der Waals surface area contributed by atoms with Gasteiger partial charge in [0.15, 0.2) is 0 Å². The number of carboxylic acids is 1. The van der Waals surface area contributed by atoms with Crippen LogP contribution in [0.1, 0.15) is 58.3 Å². The third-order valence-corrected chi connectivity index (χ3v) is 5.26. The van der Waals surface area contributed by atoms with Crippen LogP contribution in [0, 0.1) is 17.8 Å². The lowest BCUT2D eigenvalue weighted by Crippen LogP contribution is -2.45. The number of rotatable bonds is 5. The van der Waals surface area contributed by atoms with Crippen molar-refractivity contribution >= 4 is 12.0 Å². The predicted octanol–water partition coefficient (Wildman–Crippen LogP) is 2.76. The Morgan fingerprint density at radius 2 is 1.81 bits per heavy atom. The van der Waals surface area contributed by atoms with Crippen LogP contribution in [0.2, 0.25) is 0 Å². The summed E-state index contributed by atoms with van der Waals surface area (Å²) in [5.74, 6) is -0.104. The van der Waals surface area contributed by atoms with Crippen LogP contribution in [-0.4, -0.2) is 29.7 Å². The summed E-state index contributed by atoms with van der Waals surface area (Å²) >= 11 is 0. The number of urea groups is 1. The molecule has 2 fully saturated rings. The average Bonchev–Trinajstić information content (AvgIpc) is 2.94. The Labute approximate surface area is 126 Å². The first-order valence-electron chi connectivity index (χ1n) is 8.37. The molecular formula is C16H28N2O3. The molecule has 0 saturated heterocycles. The van der Waals surface area contributed by atoms with Gasteiger partial charge in [0.1, 0.15) is 0 Å². The summed E-state index contributed by atoms with van der Waals surface area (Å²) in [4.78, 5) is 23.0. The molecular weight excluding hydrogens is 268 g/mol. The molecule has 0 spiro atoms. The minimum atomic E-state index is -0.724. The Bertz CT molecular complexity index is 365. The van der Waals surface area contributed by atoms with Crippen LogP contribution in [-0.2, 0) is 4.79 Å². The molecule has 2 amide bonds. The molecule has 0 aromatic carbocycles. The van der Waals surface area contributed by atoms with Crippen LogP contribution in [0.4, 0.5) is 4.79 Å². The molecule has 0 radical (unpaired) electrons. The molecule has 0 aromatic heterocycles. The van der Waals surface area contributed by atoms with E-state index in [0.717, 1.165) is 38.0 Å². The van der Waals surface area contributed by atoms with Gasteiger partial charge in [-0.25, -0.2) is 4.79 Å². The van der Waals surface area contributed by atoms with Gasteiger partial charge >= 0.3 is 12.0 Å². The van der Waals surface area contributed by atoms with Crippen molar-refractivity contribution in [3.63, 3.8) is 0 Å². The number of carbonyl (C=O) groups excluding carboxylic acids is 1. The van der Waals surface area contributed by atoms with Crippen LogP contribution < -0.4 is 10.6 Å². The number of aliphatic carboxylic acids is 1. The van der Waals surface area contributed by atoms with Crippen LogP contribution in [0.5, 0.6) is 0 Å². The van der Waals surface area contributed by atoms with Crippen LogP contribution in [0.15, 0.2) is 0 Å². The molecule has 2 aliphatic rings. The average molecular weight is 296 g/mol. The standard InChI is InChI=1S/C16H28N2O3/c1-2-11-6-8-13(9-7-11)18-16(21)17-10-12-4-3-5-14(12)15(19)20/h11-14H,2-10H2,1H3,(H,19,20)(H2,17,18,21). The summed E-state index contributed by atoms with van der Waals surface area (Å²) < 4.78 is 0. The van der Waals surface area contributed by atoms with E-state index in [-0.39, 0.29) is 23.9 Å². The summed E-state index contributed by atoms with van der Waals surface area (Å²) in [5, 5.41) is 15.0. The molecule has 5 heteroatoms. The normalized spacial score (nSPS) is 32.6. The van der Waals surface area contributed by atoms with Gasteiger partial charge in [-0.15, -0.1) is 0 Å². The zero-order chi connectivity index (χ0) is 15.2. The van der Waals surface area contributed by atoms with E-state index in [9.17, 15) is 9.59 Å². The lowest BCUT2D eigenvalue weighted by atomic mass is 9.85. The summed E-state index contributed by atoms with van der Waals surface area (Å²) in [6.07, 6.45) is 8.35. The summed E-state index contributed by atoms with van der Waals surface area (Å²) in [7, 11) is 0. The molecule has 2 aliphatic carbocycles. The highest BCUT2D eigenvalue weighted by Crippen LogP contribution is 2.31. The lowest BCUT2D eigenvalue weighted by Gasteiger charge is -2.28. The van der Waals surface area contributed by atoms with Crippen molar-refractivity contribution in [2.75, 3.05) is 6.54 Å². The summed E-state index contributed by atoms with van der Waals surface area (Å²) in [6, 6.07) is 0.151. The number of nitrogens with one attached hydrogen (secondary N) is 2. The Morgan fingerprint density at radius 1 is 1.10 bits per heavy atom. The second kappa shape index (κ2) is 7.66. The first-order chi connectivity index (χ1) is 10.1. The Morgan fingerprint density at radius 3 is 2.43 bits per heavy atom. The van der Waals surface area contributed by atoms with Gasteiger partial charge in [-0.1, -0.05) is 19.8 Å². The van der Waals surface area contributed by atoms with Gasteiger partial charge in [-0.05, 0) is 50.4 Å². The zero-order valence-electron chi connectivity index (χ0n) is 12.9. The summed E-state index contributed by atoms with van der Waals surface area (Å²) in [5.41, 5.74) is 0. The van der Waals surface area contributed by atoms with Crippen molar-refractivity contribution < 1.29 is 14.7 Å². The molecule has 120 valence electrons. The molecule has 0 aromatic rings. The fraction of sp³-hybridized carbons (Fsp3) is 0.875. The highest BCUT2D eigenvalue weighted by atomic mass is 16.4. The van der Waals surface area contributed by atoms with Gasteiger partial charge < -0.3 is 15.7 Å². The quantitative estimate of drug-likeness (QED) is 0.730. The molecule has 5 nitrogen and oxygen atoms in total. The summed E-state index contributed by atoms with van der Waals surface area (Å²) in [6.45, 7) is 2.71. The fourth-order valence-corrected chi connectivity index (χ4v) is 3.78. The van der Waals surface area contributed by atoms with Crippen LogP contribution in [0.3, 0.4) is 0 Å². The Kier molecular flexibility index (Phi) is 5.88. The highest BCUT2D eigenvalue weighted by molar-refractivity contribution is 5.74. The van der Waals surface area contributed by atoms with Gasteiger partial charge in [-0.2, -0.15) is 0 Å². The molecule has 2 atom stereocenters. The van der Waals surface area contributed by atoms with Crippen molar-refractivity contribution in [1.82, 2.24) is 10.6 Å². The monoisotopic (exact) mass is 296 g/mol. The molecule has 2 saturated carbocycles. The van der Waals surface area contributed by atoms with E-state index in [1.54, 1.807) is 0 Å². The van der Waals surface area contributed by atoms with Crippen molar-refractivity contribution in [1.29, 1.82) is 0 Å². The van der Waals surface area contributed by atoms with Gasteiger partial charge in [0.25, 0.3) is 0 Å². The molecule has 21 heavy (non-hydrogen) atoms. The van der Waals surface area contributed by atoms with Gasteiger partial charge in [0.05, 0.1) is 5.92 Å². The van der Waals surface area contributed by atoms with Crippen molar-refractivity contribution in [2.45, 2.75) is 64.3 Å². The Hall–Kier alpha value is -1.26. The maximum atomic E-state index is 11.9. The molecule has 0 bridgehead atoms. The fourth-order valence-electron chi connectivity index (χ4n) is 3.78. The maximum absolute atomic E-state index is 11.9. The molecule has 3 N–H and O–H groups in total. The van der Waals surface area contributed by atoms with Crippen molar-refractivity contribution in [3.05, 3.63) is 0 Å². The minimum absolute atomic E-state index is 0.0871. The predicted molar refractivity (Wildman–Crippen MR) is 81.0 cm³/mol. The maximum Gasteiger partial charge on any atom is 0.315 e. The number of carboxylic acid groups (broad SMARTS) is 1. The molecule has 0 heterocycles. The van der Waals surface area contributed by atoms with Crippen LogP contribution in [0.25, 0.3) is 0 Å². The first-order valence-corrected chi connectivity index (χ1v) is 8.37. The Balaban J connectivity index is 1.67. The van der Waals surface area contributed by atoms with Crippen molar-refractivity contribution in [3.8, 4) is 0 Å². The van der Waals surface area contributed by atoms with E-state index in [1.165, 1.54) is 19.3 Å². The van der Waals surface area contributed by atoms with Crippen molar-refractivity contribution in [2.24, 2.45) is 17.8 Å². The minimum Gasteiger partial charge on any atom is -0.481 e. The largest absolute Gasteiger partial charge is 0.481 e. The highest BCUT2D eigenvalue weighted by Gasteiger charge is 2.33. The third-order valence-electron chi connectivity index (χ3n) is 5.26. The molecule has 0 aliphatic heterocycles. The van der Waals surface area contributed by atoms with E-state index in [1.807, 2.05) is 0 Å². The lowest BCUT2D eigenvalue weighted by molar-refractivity contribution is -0.142. The smallest absolute Gasteiger partial charge is 0.315 e. The van der Waals surface area contributed by atoms with Crippen LogP contribution >= 0.6 is 0 Å². The second-order valence-corrected chi connectivity index (χ2v) is 6.62. The van der Waals surface area contributed by atoms with Gasteiger partial charge in [-0.3, -0.25) is 4.79 Å². The topological polar surface area (TPSA) is 78.4 Å². The molecule has 2 rings (SSSR count). The number of hydrogen-bond acceptors (Lipinski definition) is 2. The van der Waals surface area contributed by atoms with E-state index in [4.69, 9.17) is 5.11 Å². The van der Waals surface area contributed by atoms with E-state index >= 15 is 0 Å². The van der Waals surface area contributed by atoms with Gasteiger partial charge in [0.2, 0.25) is 0 Å². The van der Waals surface area contributed by atoms with Gasteiger partial charge in [0, 0.05) is 12.6 Å². The molecule has 2 unspecified atom stereocenters. The third kappa shape index (κ3) is 4.61. The number of amides is 2. The van der Waals surface area contributed by atoms with E-state index < -0.39 is 5.97 Å². The van der Waals surface area contributed by atoms with E-state index in [0.29, 0.717) is 6.54 Å². The second-order valence-electron chi connectivity index (χ2n) is 6.62. The number of hydrogen-bond donors (Lipinski definition) is 3. The first kappa shape index (κ1) is 16.1. The number of carbonyl (C=O) groups is 2. The van der Waals surface area contributed by atoms with E-state index in [2.05, 4.69) is 17.6 Å². The zero-order valence-corrected chi connectivity index (χ0v) is 12.9.